The van der Waals surface area contributed by atoms with Gasteiger partial charge in [-0.2, -0.15) is 0 Å². The van der Waals surface area contributed by atoms with Crippen LogP contribution >= 0.6 is 0 Å². The van der Waals surface area contributed by atoms with E-state index in [0.717, 1.165) is 6.42 Å². The summed E-state index contributed by atoms with van der Waals surface area (Å²) in [6.45, 7) is 2.09. The third-order valence-electron chi connectivity index (χ3n) is 2.28. The summed E-state index contributed by atoms with van der Waals surface area (Å²) in [5, 5.41) is 11.1. The number of rotatable bonds is 5. The van der Waals surface area contributed by atoms with Gasteiger partial charge in [-0.3, -0.25) is 4.79 Å². The third-order valence-corrected chi connectivity index (χ3v) is 2.28. The molecule has 2 amide bonds. The SMILES string of the molecule is CCc1ncc(NC(=O)N(C)CCC(=O)O)cn1. The summed E-state index contributed by atoms with van der Waals surface area (Å²) in [6.07, 6.45) is 3.69. The Kier molecular flexibility index (Phi) is 5.04. The summed E-state index contributed by atoms with van der Waals surface area (Å²) in [5.41, 5.74) is 0.486. The van der Waals surface area contributed by atoms with Crippen LogP contribution in [-0.2, 0) is 11.2 Å². The van der Waals surface area contributed by atoms with Gasteiger partial charge in [0.25, 0.3) is 0 Å². The molecule has 1 rings (SSSR count). The molecule has 0 saturated heterocycles. The number of carbonyl (C=O) groups is 2. The Hall–Kier alpha value is -2.18. The molecule has 0 fully saturated rings. The van der Waals surface area contributed by atoms with Crippen LogP contribution in [0.25, 0.3) is 0 Å². The van der Waals surface area contributed by atoms with Crippen molar-refractivity contribution in [2.24, 2.45) is 0 Å². The maximum absolute atomic E-state index is 11.6. The van der Waals surface area contributed by atoms with Gasteiger partial charge in [-0.15, -0.1) is 0 Å². The predicted molar refractivity (Wildman–Crippen MR) is 65.3 cm³/mol. The molecule has 0 spiro atoms. The second kappa shape index (κ2) is 6.53. The molecule has 1 aromatic rings. The number of hydrogen-bond donors (Lipinski definition) is 2. The number of anilines is 1. The van der Waals surface area contributed by atoms with E-state index >= 15 is 0 Å². The first-order valence-electron chi connectivity index (χ1n) is 5.57. The van der Waals surface area contributed by atoms with E-state index in [1.807, 2.05) is 6.92 Å². The zero-order chi connectivity index (χ0) is 13.5. The summed E-state index contributed by atoms with van der Waals surface area (Å²) in [4.78, 5) is 31.4. The average molecular weight is 252 g/mol. The summed E-state index contributed by atoms with van der Waals surface area (Å²) in [7, 11) is 1.53. The zero-order valence-electron chi connectivity index (χ0n) is 10.4. The summed E-state index contributed by atoms with van der Waals surface area (Å²) in [6, 6.07) is -0.385. The topological polar surface area (TPSA) is 95.4 Å². The second-order valence-corrected chi connectivity index (χ2v) is 3.74. The third kappa shape index (κ3) is 4.36. The van der Waals surface area contributed by atoms with E-state index in [-0.39, 0.29) is 19.0 Å². The van der Waals surface area contributed by atoms with Gasteiger partial charge in [0.05, 0.1) is 24.5 Å². The standard InChI is InChI=1S/C11H16N4O3/c1-3-9-12-6-8(7-13-9)14-11(18)15(2)5-4-10(16)17/h6-7H,3-5H2,1-2H3,(H,14,18)(H,16,17). The second-order valence-electron chi connectivity index (χ2n) is 3.74. The van der Waals surface area contributed by atoms with Crippen LogP contribution in [-0.4, -0.2) is 45.6 Å². The van der Waals surface area contributed by atoms with E-state index in [2.05, 4.69) is 15.3 Å². The van der Waals surface area contributed by atoms with Crippen molar-refractivity contribution in [3.63, 3.8) is 0 Å². The Balaban J connectivity index is 2.49. The van der Waals surface area contributed by atoms with E-state index in [9.17, 15) is 9.59 Å². The fourth-order valence-corrected chi connectivity index (χ4v) is 1.19. The van der Waals surface area contributed by atoms with Crippen molar-refractivity contribution in [1.82, 2.24) is 14.9 Å². The van der Waals surface area contributed by atoms with Crippen LogP contribution in [0.15, 0.2) is 12.4 Å². The van der Waals surface area contributed by atoms with Gasteiger partial charge in [0.15, 0.2) is 0 Å². The summed E-state index contributed by atoms with van der Waals surface area (Å²) >= 11 is 0. The van der Waals surface area contributed by atoms with Gasteiger partial charge in [0.1, 0.15) is 5.82 Å². The predicted octanol–water partition coefficient (Wildman–Crippen LogP) is 0.977. The van der Waals surface area contributed by atoms with Crippen LogP contribution in [0.5, 0.6) is 0 Å². The lowest BCUT2D eigenvalue weighted by molar-refractivity contribution is -0.137. The van der Waals surface area contributed by atoms with Gasteiger partial charge >= 0.3 is 12.0 Å². The lowest BCUT2D eigenvalue weighted by Gasteiger charge is -2.16. The van der Waals surface area contributed by atoms with Crippen molar-refractivity contribution in [1.29, 1.82) is 0 Å². The maximum atomic E-state index is 11.6. The highest BCUT2D eigenvalue weighted by atomic mass is 16.4. The molecule has 7 nitrogen and oxygen atoms in total. The monoisotopic (exact) mass is 252 g/mol. The zero-order valence-corrected chi connectivity index (χ0v) is 10.4. The normalized spacial score (nSPS) is 9.89. The Morgan fingerprint density at radius 3 is 2.50 bits per heavy atom. The molecule has 0 aliphatic carbocycles. The largest absolute Gasteiger partial charge is 0.481 e. The lowest BCUT2D eigenvalue weighted by atomic mass is 10.4. The average Bonchev–Trinajstić information content (AvgIpc) is 2.36. The molecule has 0 aromatic carbocycles. The van der Waals surface area contributed by atoms with Gasteiger partial charge in [0.2, 0.25) is 0 Å². The lowest BCUT2D eigenvalue weighted by Crippen LogP contribution is -2.33. The molecule has 0 aliphatic heterocycles. The number of nitrogens with one attached hydrogen (secondary N) is 1. The highest BCUT2D eigenvalue weighted by molar-refractivity contribution is 5.88. The number of carboxylic acid groups (broad SMARTS) is 1. The quantitative estimate of drug-likeness (QED) is 0.814. The number of carbonyl (C=O) groups excluding carboxylic acids is 1. The molecule has 2 N–H and O–H groups in total. The van der Waals surface area contributed by atoms with Crippen LogP contribution in [0, 0.1) is 0 Å². The molecule has 0 aliphatic rings. The highest BCUT2D eigenvalue weighted by Gasteiger charge is 2.10. The first kappa shape index (κ1) is 13.9. The molecule has 0 bridgehead atoms. The number of aromatic nitrogens is 2. The first-order chi connectivity index (χ1) is 8.52. The van der Waals surface area contributed by atoms with Crippen LogP contribution < -0.4 is 5.32 Å². The van der Waals surface area contributed by atoms with Gasteiger partial charge in [-0.1, -0.05) is 6.92 Å². The fourth-order valence-electron chi connectivity index (χ4n) is 1.19. The minimum atomic E-state index is -0.940. The van der Waals surface area contributed by atoms with E-state index < -0.39 is 5.97 Å². The molecule has 18 heavy (non-hydrogen) atoms. The molecule has 1 heterocycles. The molecule has 0 radical (unpaired) electrons. The van der Waals surface area contributed by atoms with Gasteiger partial charge in [0, 0.05) is 20.0 Å². The smallest absolute Gasteiger partial charge is 0.321 e. The number of urea groups is 1. The van der Waals surface area contributed by atoms with Gasteiger partial charge in [-0.25, -0.2) is 14.8 Å². The number of aryl methyl sites for hydroxylation is 1. The Morgan fingerprint density at radius 1 is 1.39 bits per heavy atom. The van der Waals surface area contributed by atoms with E-state index in [1.165, 1.54) is 24.3 Å². The van der Waals surface area contributed by atoms with Crippen molar-refractivity contribution in [3.05, 3.63) is 18.2 Å². The minimum absolute atomic E-state index is 0.0881. The maximum Gasteiger partial charge on any atom is 0.321 e. The molecule has 7 heteroatoms. The number of aliphatic carboxylic acids is 1. The van der Waals surface area contributed by atoms with Crippen LogP contribution in [0.2, 0.25) is 0 Å². The number of nitrogens with zero attached hydrogens (tertiary/aromatic N) is 3. The van der Waals surface area contributed by atoms with Crippen LogP contribution in [0.3, 0.4) is 0 Å². The minimum Gasteiger partial charge on any atom is -0.481 e. The Bertz CT molecular complexity index is 419. The molecular formula is C11H16N4O3. The number of carboxylic acids is 1. The van der Waals surface area contributed by atoms with E-state index in [1.54, 1.807) is 0 Å². The van der Waals surface area contributed by atoms with Crippen LogP contribution in [0.1, 0.15) is 19.2 Å². The number of amides is 2. The first-order valence-corrected chi connectivity index (χ1v) is 5.57. The van der Waals surface area contributed by atoms with Crippen molar-refractivity contribution in [2.75, 3.05) is 18.9 Å². The van der Waals surface area contributed by atoms with E-state index in [0.29, 0.717) is 11.5 Å². The van der Waals surface area contributed by atoms with E-state index in [4.69, 9.17) is 5.11 Å². The van der Waals surface area contributed by atoms with Crippen molar-refractivity contribution < 1.29 is 14.7 Å². The number of hydrogen-bond acceptors (Lipinski definition) is 4. The molecular weight excluding hydrogens is 236 g/mol. The summed E-state index contributed by atoms with van der Waals surface area (Å²) in [5.74, 6) is -0.238. The van der Waals surface area contributed by atoms with Crippen molar-refractivity contribution >= 4 is 17.7 Å². The van der Waals surface area contributed by atoms with Crippen LogP contribution in [0.4, 0.5) is 10.5 Å². The molecule has 0 atom stereocenters. The molecule has 1 aromatic heterocycles. The fraction of sp³-hybridized carbons (Fsp3) is 0.455. The molecule has 0 saturated carbocycles. The van der Waals surface area contributed by atoms with Crippen molar-refractivity contribution in [2.45, 2.75) is 19.8 Å². The molecule has 0 unspecified atom stereocenters. The van der Waals surface area contributed by atoms with Gasteiger partial charge in [-0.05, 0) is 0 Å². The van der Waals surface area contributed by atoms with Crippen molar-refractivity contribution in [3.8, 4) is 0 Å². The van der Waals surface area contributed by atoms with Gasteiger partial charge < -0.3 is 15.3 Å². The highest BCUT2D eigenvalue weighted by Crippen LogP contribution is 2.04. The molecule has 98 valence electrons. The Labute approximate surface area is 105 Å². The summed E-state index contributed by atoms with van der Waals surface area (Å²) < 4.78 is 0. The Morgan fingerprint density at radius 2 is 2.00 bits per heavy atom.